The maximum atomic E-state index is 11.9. The number of hydrazone groups is 1. The first-order valence-corrected chi connectivity index (χ1v) is 7.21. The lowest BCUT2D eigenvalue weighted by Crippen LogP contribution is -2.24. The zero-order valence-corrected chi connectivity index (χ0v) is 13.2. The third-order valence-electron chi connectivity index (χ3n) is 2.99. The van der Waals surface area contributed by atoms with E-state index < -0.39 is 6.03 Å². The van der Waals surface area contributed by atoms with Gasteiger partial charge in [-0.05, 0) is 31.2 Å². The fourth-order valence-corrected chi connectivity index (χ4v) is 1.86. The van der Waals surface area contributed by atoms with Gasteiger partial charge >= 0.3 is 6.03 Å². The number of nitrogens with zero attached hydrogens (tertiary/aromatic N) is 1. The summed E-state index contributed by atoms with van der Waals surface area (Å²) in [5.41, 5.74) is 9.45. The number of ether oxygens (including phenoxy) is 1. The molecule has 0 fully saturated rings. The Labute approximate surface area is 139 Å². The SMILES string of the molecule is Cc1ccc(NC(=O)COc2ccccc2C=NNC(N)=O)cc1. The molecule has 0 bridgehead atoms. The first-order chi connectivity index (χ1) is 11.5. The molecule has 124 valence electrons. The second kappa shape index (κ2) is 8.33. The number of amides is 3. The van der Waals surface area contributed by atoms with Crippen molar-refractivity contribution < 1.29 is 14.3 Å². The maximum Gasteiger partial charge on any atom is 0.332 e. The summed E-state index contributed by atoms with van der Waals surface area (Å²) in [6, 6.07) is 13.7. The van der Waals surface area contributed by atoms with Gasteiger partial charge in [-0.3, -0.25) is 4.79 Å². The minimum Gasteiger partial charge on any atom is -0.483 e. The first-order valence-electron chi connectivity index (χ1n) is 7.21. The molecule has 2 aromatic rings. The lowest BCUT2D eigenvalue weighted by Gasteiger charge is -2.09. The van der Waals surface area contributed by atoms with Gasteiger partial charge in [-0.1, -0.05) is 29.8 Å². The molecule has 0 aliphatic carbocycles. The van der Waals surface area contributed by atoms with Crippen LogP contribution in [0.15, 0.2) is 53.6 Å². The fourth-order valence-electron chi connectivity index (χ4n) is 1.86. The monoisotopic (exact) mass is 326 g/mol. The van der Waals surface area contributed by atoms with Gasteiger partial charge in [-0.2, -0.15) is 5.10 Å². The van der Waals surface area contributed by atoms with Gasteiger partial charge in [0, 0.05) is 11.3 Å². The molecule has 7 nitrogen and oxygen atoms in total. The molecule has 3 amide bonds. The van der Waals surface area contributed by atoms with Crippen LogP contribution in [-0.4, -0.2) is 24.8 Å². The standard InChI is InChI=1S/C17H18N4O3/c1-12-6-8-14(9-7-12)20-16(22)11-24-15-5-3-2-4-13(15)10-19-21-17(18)23/h2-10H,11H2,1H3,(H,20,22)(H3,18,21,23). The number of carbonyl (C=O) groups is 2. The molecule has 7 heteroatoms. The minimum absolute atomic E-state index is 0.151. The van der Waals surface area contributed by atoms with Gasteiger partial charge in [0.05, 0.1) is 6.21 Å². The number of primary amides is 1. The summed E-state index contributed by atoms with van der Waals surface area (Å²) in [5.74, 6) is 0.187. The number of nitrogens with two attached hydrogens (primary N) is 1. The van der Waals surface area contributed by atoms with Crippen molar-refractivity contribution in [3.8, 4) is 5.75 Å². The highest BCUT2D eigenvalue weighted by Crippen LogP contribution is 2.16. The van der Waals surface area contributed by atoms with Crippen molar-refractivity contribution in [2.24, 2.45) is 10.8 Å². The Bertz CT molecular complexity index is 742. The first kappa shape index (κ1) is 17.0. The van der Waals surface area contributed by atoms with Crippen LogP contribution in [0.1, 0.15) is 11.1 Å². The second-order valence-electron chi connectivity index (χ2n) is 4.97. The summed E-state index contributed by atoms with van der Waals surface area (Å²) in [4.78, 5) is 22.5. The van der Waals surface area contributed by atoms with Crippen LogP contribution in [0.3, 0.4) is 0 Å². The van der Waals surface area contributed by atoms with Crippen LogP contribution >= 0.6 is 0 Å². The third kappa shape index (κ3) is 5.45. The van der Waals surface area contributed by atoms with E-state index in [-0.39, 0.29) is 12.5 Å². The molecule has 2 aromatic carbocycles. The van der Waals surface area contributed by atoms with Crippen molar-refractivity contribution in [2.45, 2.75) is 6.92 Å². The zero-order valence-electron chi connectivity index (χ0n) is 13.2. The number of rotatable bonds is 6. The number of nitrogens with one attached hydrogen (secondary N) is 2. The largest absolute Gasteiger partial charge is 0.483 e. The highest BCUT2D eigenvalue weighted by atomic mass is 16.5. The zero-order chi connectivity index (χ0) is 17.4. The van der Waals surface area contributed by atoms with Gasteiger partial charge in [-0.15, -0.1) is 0 Å². The van der Waals surface area contributed by atoms with Crippen molar-refractivity contribution >= 4 is 23.8 Å². The van der Waals surface area contributed by atoms with Gasteiger partial charge in [-0.25, -0.2) is 10.2 Å². The van der Waals surface area contributed by atoms with Gasteiger partial charge in [0.15, 0.2) is 6.61 Å². The molecule has 0 aliphatic heterocycles. The summed E-state index contributed by atoms with van der Waals surface area (Å²) >= 11 is 0. The molecule has 4 N–H and O–H groups in total. The van der Waals surface area contributed by atoms with E-state index in [9.17, 15) is 9.59 Å². The van der Waals surface area contributed by atoms with E-state index in [2.05, 4.69) is 15.8 Å². The van der Waals surface area contributed by atoms with Gasteiger partial charge in [0.1, 0.15) is 5.75 Å². The molecule has 0 atom stereocenters. The molecule has 0 aromatic heterocycles. The topological polar surface area (TPSA) is 106 Å². The maximum absolute atomic E-state index is 11.9. The fraction of sp³-hybridized carbons (Fsp3) is 0.118. The van der Waals surface area contributed by atoms with Crippen LogP contribution < -0.4 is 21.2 Å². The molecule has 0 heterocycles. The number of hydrogen-bond donors (Lipinski definition) is 3. The predicted molar refractivity (Wildman–Crippen MR) is 92.1 cm³/mol. The lowest BCUT2D eigenvalue weighted by molar-refractivity contribution is -0.118. The van der Waals surface area contributed by atoms with Gasteiger partial charge < -0.3 is 15.8 Å². The number of benzene rings is 2. The number of para-hydroxylation sites is 1. The predicted octanol–water partition coefficient (Wildman–Crippen LogP) is 2.01. The van der Waals surface area contributed by atoms with E-state index in [1.54, 1.807) is 24.3 Å². The smallest absolute Gasteiger partial charge is 0.332 e. The molecule has 0 unspecified atom stereocenters. The number of carbonyl (C=O) groups excluding carboxylic acids is 2. The number of anilines is 1. The highest BCUT2D eigenvalue weighted by Gasteiger charge is 2.06. The Hall–Kier alpha value is -3.35. The third-order valence-corrected chi connectivity index (χ3v) is 2.99. The van der Waals surface area contributed by atoms with Crippen molar-refractivity contribution in [1.29, 1.82) is 0 Å². The molecule has 0 saturated carbocycles. The Morgan fingerprint density at radius 3 is 2.58 bits per heavy atom. The average Bonchev–Trinajstić information content (AvgIpc) is 2.56. The van der Waals surface area contributed by atoms with Crippen LogP contribution in [-0.2, 0) is 4.79 Å². The van der Waals surface area contributed by atoms with E-state index in [0.717, 1.165) is 5.56 Å². The van der Waals surface area contributed by atoms with Crippen LogP contribution in [0.5, 0.6) is 5.75 Å². The Balaban J connectivity index is 1.93. The number of aryl methyl sites for hydroxylation is 1. The quantitative estimate of drug-likeness (QED) is 0.558. The summed E-state index contributed by atoms with van der Waals surface area (Å²) in [6.45, 7) is 1.82. The molecular weight excluding hydrogens is 308 g/mol. The Kier molecular flexibility index (Phi) is 5.90. The van der Waals surface area contributed by atoms with Crippen molar-refractivity contribution in [1.82, 2.24) is 5.43 Å². The van der Waals surface area contributed by atoms with E-state index in [0.29, 0.717) is 17.0 Å². The second-order valence-corrected chi connectivity index (χ2v) is 4.97. The summed E-state index contributed by atoms with van der Waals surface area (Å²) in [7, 11) is 0. The summed E-state index contributed by atoms with van der Waals surface area (Å²) in [6.07, 6.45) is 1.39. The highest BCUT2D eigenvalue weighted by molar-refractivity contribution is 5.92. The van der Waals surface area contributed by atoms with Gasteiger partial charge in [0.25, 0.3) is 5.91 Å². The van der Waals surface area contributed by atoms with E-state index in [1.807, 2.05) is 31.2 Å². The molecule has 0 aliphatic rings. The number of urea groups is 1. The summed E-state index contributed by atoms with van der Waals surface area (Å²) in [5, 5.41) is 6.42. The molecule has 24 heavy (non-hydrogen) atoms. The summed E-state index contributed by atoms with van der Waals surface area (Å²) < 4.78 is 5.51. The Morgan fingerprint density at radius 1 is 1.17 bits per heavy atom. The van der Waals surface area contributed by atoms with Gasteiger partial charge in [0.2, 0.25) is 0 Å². The van der Waals surface area contributed by atoms with Crippen LogP contribution in [0.2, 0.25) is 0 Å². The normalized spacial score (nSPS) is 10.4. The van der Waals surface area contributed by atoms with E-state index >= 15 is 0 Å². The molecular formula is C17H18N4O3. The molecule has 0 spiro atoms. The van der Waals surface area contributed by atoms with Crippen molar-refractivity contribution in [3.63, 3.8) is 0 Å². The molecule has 2 rings (SSSR count). The van der Waals surface area contributed by atoms with E-state index in [1.165, 1.54) is 6.21 Å². The number of hydrogen-bond acceptors (Lipinski definition) is 4. The average molecular weight is 326 g/mol. The van der Waals surface area contributed by atoms with Crippen LogP contribution in [0.4, 0.5) is 10.5 Å². The van der Waals surface area contributed by atoms with E-state index in [4.69, 9.17) is 10.5 Å². The van der Waals surface area contributed by atoms with Crippen molar-refractivity contribution in [3.05, 3.63) is 59.7 Å². The Morgan fingerprint density at radius 2 is 1.88 bits per heavy atom. The molecule has 0 saturated heterocycles. The van der Waals surface area contributed by atoms with Crippen molar-refractivity contribution in [2.75, 3.05) is 11.9 Å². The van der Waals surface area contributed by atoms with Crippen LogP contribution in [0.25, 0.3) is 0 Å². The van der Waals surface area contributed by atoms with Crippen LogP contribution in [0, 0.1) is 6.92 Å². The molecule has 0 radical (unpaired) electrons. The minimum atomic E-state index is -0.762. The lowest BCUT2D eigenvalue weighted by atomic mass is 10.2.